The van der Waals surface area contributed by atoms with Gasteiger partial charge in [0, 0.05) is 12.1 Å². The van der Waals surface area contributed by atoms with E-state index in [1.165, 1.54) is 12.8 Å². The molecule has 1 fully saturated rings. The second-order valence-corrected chi connectivity index (χ2v) is 7.11. The summed E-state index contributed by atoms with van der Waals surface area (Å²) in [5.41, 5.74) is 1.06. The molecule has 0 atom stereocenters. The van der Waals surface area contributed by atoms with E-state index in [9.17, 15) is 13.2 Å². The molecule has 1 amide bonds. The zero-order chi connectivity index (χ0) is 14.6. The van der Waals surface area contributed by atoms with Crippen LogP contribution in [0.15, 0.2) is 24.3 Å². The van der Waals surface area contributed by atoms with Gasteiger partial charge in [-0.25, -0.2) is 8.42 Å². The summed E-state index contributed by atoms with van der Waals surface area (Å²) in [6.07, 6.45) is 6.33. The molecule has 5 nitrogen and oxygen atoms in total. The standard InChI is InChI=1S/C14H20N2O3S/c1-20(18,19)16-13-8-4-7-12(10-13)15-14(17)9-11-5-2-3-6-11/h4,7-8,10-11,16H,2-3,5-6,9H2,1H3,(H,15,17). The van der Waals surface area contributed by atoms with Gasteiger partial charge >= 0.3 is 0 Å². The quantitative estimate of drug-likeness (QED) is 0.877. The lowest BCUT2D eigenvalue weighted by atomic mass is 10.0. The van der Waals surface area contributed by atoms with Crippen LogP contribution < -0.4 is 10.0 Å². The molecular formula is C14H20N2O3S. The summed E-state index contributed by atoms with van der Waals surface area (Å²) in [5, 5.41) is 2.82. The smallest absolute Gasteiger partial charge is 0.229 e. The second-order valence-electron chi connectivity index (χ2n) is 5.36. The Bertz CT molecular complexity index is 578. The normalized spacial score (nSPS) is 16.1. The predicted octanol–water partition coefficient (Wildman–Crippen LogP) is 2.58. The highest BCUT2D eigenvalue weighted by atomic mass is 32.2. The lowest BCUT2D eigenvalue weighted by molar-refractivity contribution is -0.117. The molecule has 0 aromatic heterocycles. The highest BCUT2D eigenvalue weighted by molar-refractivity contribution is 7.92. The van der Waals surface area contributed by atoms with Crippen molar-refractivity contribution in [1.82, 2.24) is 0 Å². The molecular weight excluding hydrogens is 276 g/mol. The van der Waals surface area contributed by atoms with E-state index < -0.39 is 10.0 Å². The molecule has 6 heteroatoms. The van der Waals surface area contributed by atoms with Gasteiger partial charge < -0.3 is 5.32 Å². The largest absolute Gasteiger partial charge is 0.326 e. The van der Waals surface area contributed by atoms with Crippen LogP contribution in [-0.2, 0) is 14.8 Å². The predicted molar refractivity (Wildman–Crippen MR) is 80.1 cm³/mol. The number of sulfonamides is 1. The fourth-order valence-electron chi connectivity index (χ4n) is 2.56. The lowest BCUT2D eigenvalue weighted by Gasteiger charge is -2.11. The average Bonchev–Trinajstić information content (AvgIpc) is 2.79. The first-order valence-corrected chi connectivity index (χ1v) is 8.69. The summed E-state index contributed by atoms with van der Waals surface area (Å²) in [4.78, 5) is 11.9. The number of anilines is 2. The molecule has 1 aliphatic rings. The van der Waals surface area contributed by atoms with Gasteiger partial charge in [0.05, 0.1) is 11.9 Å². The first-order valence-electron chi connectivity index (χ1n) is 6.80. The van der Waals surface area contributed by atoms with Gasteiger partial charge in [-0.2, -0.15) is 0 Å². The molecule has 1 aromatic rings. The van der Waals surface area contributed by atoms with Crippen molar-refractivity contribution in [3.05, 3.63) is 24.3 Å². The molecule has 0 aliphatic heterocycles. The van der Waals surface area contributed by atoms with Crippen LogP contribution in [0.1, 0.15) is 32.1 Å². The van der Waals surface area contributed by atoms with Crippen LogP contribution in [0.5, 0.6) is 0 Å². The first kappa shape index (κ1) is 14.8. The van der Waals surface area contributed by atoms with E-state index >= 15 is 0 Å². The molecule has 2 N–H and O–H groups in total. The molecule has 1 saturated carbocycles. The van der Waals surface area contributed by atoms with Gasteiger partial charge in [0.25, 0.3) is 0 Å². The molecule has 0 heterocycles. The molecule has 0 bridgehead atoms. The SMILES string of the molecule is CS(=O)(=O)Nc1cccc(NC(=O)CC2CCCC2)c1. The fourth-order valence-corrected chi connectivity index (χ4v) is 3.12. The van der Waals surface area contributed by atoms with E-state index in [2.05, 4.69) is 10.0 Å². The maximum absolute atomic E-state index is 11.9. The van der Waals surface area contributed by atoms with Crippen LogP contribution in [-0.4, -0.2) is 20.6 Å². The van der Waals surface area contributed by atoms with Gasteiger partial charge in [0.2, 0.25) is 15.9 Å². The van der Waals surface area contributed by atoms with Crippen LogP contribution >= 0.6 is 0 Å². The van der Waals surface area contributed by atoms with Crippen molar-refractivity contribution >= 4 is 27.3 Å². The third-order valence-corrected chi connectivity index (χ3v) is 4.00. The number of nitrogens with one attached hydrogen (secondary N) is 2. The minimum Gasteiger partial charge on any atom is -0.326 e. The number of amides is 1. The average molecular weight is 296 g/mol. The van der Waals surface area contributed by atoms with Crippen LogP contribution in [0.25, 0.3) is 0 Å². The van der Waals surface area contributed by atoms with Gasteiger partial charge in [-0.15, -0.1) is 0 Å². The van der Waals surface area contributed by atoms with Crippen LogP contribution in [0.4, 0.5) is 11.4 Å². The van der Waals surface area contributed by atoms with Crippen LogP contribution in [0.2, 0.25) is 0 Å². The summed E-state index contributed by atoms with van der Waals surface area (Å²) >= 11 is 0. The zero-order valence-corrected chi connectivity index (χ0v) is 12.4. The van der Waals surface area contributed by atoms with Crippen molar-refractivity contribution in [3.8, 4) is 0 Å². The van der Waals surface area contributed by atoms with Crippen molar-refractivity contribution in [2.24, 2.45) is 5.92 Å². The van der Waals surface area contributed by atoms with Crippen molar-refractivity contribution in [2.75, 3.05) is 16.3 Å². The fraction of sp³-hybridized carbons (Fsp3) is 0.500. The van der Waals surface area contributed by atoms with Gasteiger partial charge in [0.1, 0.15) is 0 Å². The van der Waals surface area contributed by atoms with E-state index in [-0.39, 0.29) is 5.91 Å². The monoisotopic (exact) mass is 296 g/mol. The van der Waals surface area contributed by atoms with Gasteiger partial charge in [-0.1, -0.05) is 18.9 Å². The Kier molecular flexibility index (Phi) is 4.65. The molecule has 0 spiro atoms. The van der Waals surface area contributed by atoms with E-state index in [1.54, 1.807) is 24.3 Å². The maximum Gasteiger partial charge on any atom is 0.229 e. The minimum atomic E-state index is -3.30. The van der Waals surface area contributed by atoms with Crippen molar-refractivity contribution < 1.29 is 13.2 Å². The zero-order valence-electron chi connectivity index (χ0n) is 11.6. The Morgan fingerprint density at radius 1 is 1.25 bits per heavy atom. The molecule has 20 heavy (non-hydrogen) atoms. The summed E-state index contributed by atoms with van der Waals surface area (Å²) in [6, 6.07) is 6.72. The van der Waals surface area contributed by atoms with Gasteiger partial charge in [0.15, 0.2) is 0 Å². The topological polar surface area (TPSA) is 75.3 Å². The van der Waals surface area contributed by atoms with Gasteiger partial charge in [-0.3, -0.25) is 9.52 Å². The summed E-state index contributed by atoms with van der Waals surface area (Å²) in [5.74, 6) is 0.487. The Balaban J connectivity index is 1.95. The minimum absolute atomic E-state index is 0.00611. The Labute approximate surface area is 119 Å². The summed E-state index contributed by atoms with van der Waals surface area (Å²) in [7, 11) is -3.30. The number of carbonyl (C=O) groups excluding carboxylic acids is 1. The van der Waals surface area contributed by atoms with E-state index in [4.69, 9.17) is 0 Å². The number of benzene rings is 1. The van der Waals surface area contributed by atoms with Crippen LogP contribution in [0, 0.1) is 5.92 Å². The number of hydrogen-bond acceptors (Lipinski definition) is 3. The third kappa shape index (κ3) is 4.85. The second kappa shape index (κ2) is 6.26. The molecule has 2 rings (SSSR count). The molecule has 110 valence electrons. The first-order chi connectivity index (χ1) is 9.42. The van der Waals surface area contributed by atoms with Crippen LogP contribution in [0.3, 0.4) is 0 Å². The highest BCUT2D eigenvalue weighted by Gasteiger charge is 2.18. The Morgan fingerprint density at radius 3 is 2.55 bits per heavy atom. The summed E-state index contributed by atoms with van der Waals surface area (Å²) < 4.78 is 24.7. The Morgan fingerprint density at radius 2 is 1.90 bits per heavy atom. The third-order valence-electron chi connectivity index (χ3n) is 3.40. The molecule has 0 unspecified atom stereocenters. The van der Waals surface area contributed by atoms with Crippen molar-refractivity contribution in [3.63, 3.8) is 0 Å². The van der Waals surface area contributed by atoms with E-state index in [0.717, 1.165) is 19.1 Å². The Hall–Kier alpha value is -1.56. The number of carbonyl (C=O) groups is 1. The molecule has 0 saturated heterocycles. The van der Waals surface area contributed by atoms with Gasteiger partial charge in [-0.05, 0) is 37.0 Å². The van der Waals surface area contributed by atoms with Crippen molar-refractivity contribution in [2.45, 2.75) is 32.1 Å². The summed E-state index contributed by atoms with van der Waals surface area (Å²) in [6.45, 7) is 0. The molecule has 0 radical (unpaired) electrons. The lowest BCUT2D eigenvalue weighted by Crippen LogP contribution is -2.15. The molecule has 1 aromatic carbocycles. The number of rotatable bonds is 5. The number of hydrogen-bond donors (Lipinski definition) is 2. The maximum atomic E-state index is 11.9. The molecule has 1 aliphatic carbocycles. The van der Waals surface area contributed by atoms with E-state index in [1.807, 2.05) is 0 Å². The van der Waals surface area contributed by atoms with E-state index in [0.29, 0.717) is 23.7 Å². The van der Waals surface area contributed by atoms with Crippen molar-refractivity contribution in [1.29, 1.82) is 0 Å². The highest BCUT2D eigenvalue weighted by Crippen LogP contribution is 2.28.